The summed E-state index contributed by atoms with van der Waals surface area (Å²) in [6, 6.07) is 10.1. The number of hydrogen-bond acceptors (Lipinski definition) is 2. The van der Waals surface area contributed by atoms with Crippen LogP contribution < -0.4 is 9.47 Å². The number of rotatable bonds is 4. The molecular weight excluding hydrogens is 352 g/mol. The molecule has 2 aromatic carbocycles. The van der Waals surface area contributed by atoms with Crippen molar-refractivity contribution in [1.29, 1.82) is 0 Å². The third kappa shape index (κ3) is 3.19. The Kier molecular flexibility index (Phi) is 5.17. The van der Waals surface area contributed by atoms with Gasteiger partial charge >= 0.3 is 0 Å². The van der Waals surface area contributed by atoms with Gasteiger partial charge in [0.25, 0.3) is 0 Å². The Morgan fingerprint density at radius 2 is 1.67 bits per heavy atom. The van der Waals surface area contributed by atoms with Crippen molar-refractivity contribution in [3.05, 3.63) is 57.1 Å². The van der Waals surface area contributed by atoms with Gasteiger partial charge in [0, 0.05) is 5.56 Å². The second kappa shape index (κ2) is 6.71. The van der Waals surface area contributed by atoms with Gasteiger partial charge in [-0.3, -0.25) is 0 Å². The van der Waals surface area contributed by atoms with E-state index in [0.29, 0.717) is 5.75 Å². The summed E-state index contributed by atoms with van der Waals surface area (Å²) in [5, 5.41) is -0.275. The zero-order valence-corrected chi connectivity index (χ0v) is 14.9. The molecule has 0 saturated carbocycles. The lowest BCUT2D eigenvalue weighted by Gasteiger charge is -2.19. The van der Waals surface area contributed by atoms with E-state index in [1.165, 1.54) is 11.1 Å². The molecule has 0 aliphatic rings. The lowest BCUT2D eigenvalue weighted by atomic mass is 9.97. The predicted octanol–water partition coefficient (Wildman–Crippen LogP) is 5.41. The lowest BCUT2D eigenvalue weighted by molar-refractivity contribution is 0.386. The minimum atomic E-state index is -0.275. The van der Waals surface area contributed by atoms with Crippen LogP contribution in [-0.2, 0) is 0 Å². The Morgan fingerprint density at radius 1 is 1.00 bits per heavy atom. The molecule has 0 fully saturated rings. The molecule has 0 aliphatic carbocycles. The number of ether oxygens (including phenoxy) is 2. The van der Waals surface area contributed by atoms with Crippen LogP contribution in [0.25, 0.3) is 0 Å². The number of methoxy groups -OCH3 is 2. The van der Waals surface area contributed by atoms with Crippen molar-refractivity contribution >= 4 is 27.5 Å². The van der Waals surface area contributed by atoms with Crippen molar-refractivity contribution in [2.75, 3.05) is 14.2 Å². The molecular formula is C17H18BrClO2. The van der Waals surface area contributed by atoms with Gasteiger partial charge in [0.15, 0.2) is 0 Å². The quantitative estimate of drug-likeness (QED) is 0.671. The highest BCUT2D eigenvalue weighted by Gasteiger charge is 2.21. The number of benzene rings is 2. The normalized spacial score (nSPS) is 12.1. The smallest absolute Gasteiger partial charge is 0.141 e. The van der Waals surface area contributed by atoms with Crippen LogP contribution in [0.2, 0.25) is 0 Å². The third-order valence-electron chi connectivity index (χ3n) is 3.49. The summed E-state index contributed by atoms with van der Waals surface area (Å²) in [5.74, 6) is 1.43. The molecule has 0 spiro atoms. The van der Waals surface area contributed by atoms with E-state index in [1.54, 1.807) is 14.2 Å². The second-order valence-electron chi connectivity index (χ2n) is 4.93. The molecule has 0 aliphatic heterocycles. The van der Waals surface area contributed by atoms with Gasteiger partial charge in [-0.25, -0.2) is 0 Å². The summed E-state index contributed by atoms with van der Waals surface area (Å²) < 4.78 is 11.6. The van der Waals surface area contributed by atoms with E-state index in [9.17, 15) is 0 Å². The molecule has 1 unspecified atom stereocenters. The molecule has 21 heavy (non-hydrogen) atoms. The fraction of sp³-hybridized carbons (Fsp3) is 0.294. The van der Waals surface area contributed by atoms with Crippen LogP contribution in [0.15, 0.2) is 34.8 Å². The largest absolute Gasteiger partial charge is 0.495 e. The highest BCUT2D eigenvalue weighted by atomic mass is 79.9. The van der Waals surface area contributed by atoms with Crippen LogP contribution in [0, 0.1) is 13.8 Å². The van der Waals surface area contributed by atoms with Gasteiger partial charge in [-0.05, 0) is 53.0 Å². The highest BCUT2D eigenvalue weighted by Crippen LogP contribution is 2.44. The third-order valence-corrected chi connectivity index (χ3v) is 4.71. The Balaban J connectivity index is 2.52. The first-order valence-electron chi connectivity index (χ1n) is 6.61. The maximum atomic E-state index is 6.70. The zero-order valence-electron chi connectivity index (χ0n) is 12.5. The van der Waals surface area contributed by atoms with Crippen molar-refractivity contribution in [2.24, 2.45) is 0 Å². The number of aryl methyl sites for hydroxylation is 2. The van der Waals surface area contributed by atoms with E-state index in [4.69, 9.17) is 21.1 Å². The standard InChI is InChI=1S/C17H18BrClO2/c1-10-5-6-12(11(2)9-10)16(19)13-7-8-14(20-3)15(18)17(13)21-4/h5-9,16H,1-4H3. The van der Waals surface area contributed by atoms with Gasteiger partial charge in [-0.15, -0.1) is 11.6 Å². The molecule has 0 bridgehead atoms. The van der Waals surface area contributed by atoms with Gasteiger partial charge in [-0.2, -0.15) is 0 Å². The zero-order chi connectivity index (χ0) is 15.6. The van der Waals surface area contributed by atoms with Crippen LogP contribution in [-0.4, -0.2) is 14.2 Å². The van der Waals surface area contributed by atoms with E-state index in [-0.39, 0.29) is 5.38 Å². The van der Waals surface area contributed by atoms with Crippen LogP contribution in [0.3, 0.4) is 0 Å². The Morgan fingerprint density at radius 3 is 2.24 bits per heavy atom. The molecule has 2 nitrogen and oxygen atoms in total. The van der Waals surface area contributed by atoms with Gasteiger partial charge in [0.05, 0.1) is 19.6 Å². The minimum absolute atomic E-state index is 0.275. The average molecular weight is 370 g/mol. The van der Waals surface area contributed by atoms with Crippen LogP contribution >= 0.6 is 27.5 Å². The lowest BCUT2D eigenvalue weighted by Crippen LogP contribution is -2.01. The van der Waals surface area contributed by atoms with Gasteiger partial charge in [0.2, 0.25) is 0 Å². The Bertz CT molecular complexity index is 655. The molecule has 4 heteroatoms. The Hall–Kier alpha value is -1.19. The van der Waals surface area contributed by atoms with Crippen molar-refractivity contribution in [3.63, 3.8) is 0 Å². The first kappa shape index (κ1) is 16.2. The number of alkyl halides is 1. The fourth-order valence-electron chi connectivity index (χ4n) is 2.40. The monoisotopic (exact) mass is 368 g/mol. The summed E-state index contributed by atoms with van der Waals surface area (Å²) in [7, 11) is 3.26. The number of hydrogen-bond donors (Lipinski definition) is 0. The minimum Gasteiger partial charge on any atom is -0.495 e. The SMILES string of the molecule is COc1ccc(C(Cl)c2ccc(C)cc2C)c(OC)c1Br. The van der Waals surface area contributed by atoms with E-state index >= 15 is 0 Å². The van der Waals surface area contributed by atoms with Crippen molar-refractivity contribution < 1.29 is 9.47 Å². The summed E-state index contributed by atoms with van der Waals surface area (Å²) in [5.41, 5.74) is 4.39. The Labute approximate surface area is 139 Å². The molecule has 2 rings (SSSR count). The average Bonchev–Trinajstić information content (AvgIpc) is 2.46. The molecule has 0 N–H and O–H groups in total. The molecule has 112 valence electrons. The second-order valence-corrected chi connectivity index (χ2v) is 6.16. The molecule has 0 amide bonds. The fourth-order valence-corrected chi connectivity index (χ4v) is 3.50. The number of halogens is 2. The van der Waals surface area contributed by atoms with Crippen molar-refractivity contribution in [1.82, 2.24) is 0 Å². The van der Waals surface area contributed by atoms with E-state index in [0.717, 1.165) is 21.3 Å². The van der Waals surface area contributed by atoms with Gasteiger partial charge in [0.1, 0.15) is 16.0 Å². The summed E-state index contributed by atoms with van der Waals surface area (Å²) in [4.78, 5) is 0. The molecule has 0 saturated heterocycles. The molecule has 0 aromatic heterocycles. The maximum absolute atomic E-state index is 6.70. The summed E-state index contributed by atoms with van der Waals surface area (Å²) in [6.45, 7) is 4.15. The predicted molar refractivity (Wildman–Crippen MR) is 90.9 cm³/mol. The van der Waals surface area contributed by atoms with Crippen LogP contribution in [0.1, 0.15) is 27.6 Å². The van der Waals surface area contributed by atoms with Crippen LogP contribution in [0.4, 0.5) is 0 Å². The molecule has 2 aromatic rings. The van der Waals surface area contributed by atoms with Crippen molar-refractivity contribution in [2.45, 2.75) is 19.2 Å². The van der Waals surface area contributed by atoms with E-state index in [1.807, 2.05) is 12.1 Å². The van der Waals surface area contributed by atoms with E-state index in [2.05, 4.69) is 48.0 Å². The first-order chi connectivity index (χ1) is 9.99. The van der Waals surface area contributed by atoms with Crippen LogP contribution in [0.5, 0.6) is 11.5 Å². The summed E-state index contributed by atoms with van der Waals surface area (Å²) in [6.07, 6.45) is 0. The molecule has 1 atom stereocenters. The highest BCUT2D eigenvalue weighted by molar-refractivity contribution is 9.10. The first-order valence-corrected chi connectivity index (χ1v) is 7.84. The topological polar surface area (TPSA) is 18.5 Å². The maximum Gasteiger partial charge on any atom is 0.141 e. The van der Waals surface area contributed by atoms with Gasteiger partial charge in [-0.1, -0.05) is 23.8 Å². The van der Waals surface area contributed by atoms with Crippen molar-refractivity contribution in [3.8, 4) is 11.5 Å². The van der Waals surface area contributed by atoms with Gasteiger partial charge < -0.3 is 9.47 Å². The summed E-state index contributed by atoms with van der Waals surface area (Å²) >= 11 is 10.2. The molecule has 0 heterocycles. The molecule has 0 radical (unpaired) electrons. The van der Waals surface area contributed by atoms with E-state index < -0.39 is 0 Å².